The van der Waals surface area contributed by atoms with Gasteiger partial charge in [0.05, 0.1) is 5.56 Å². The number of carbonyl (C=O) groups is 1. The smallest absolute Gasteiger partial charge is 0.258 e. The van der Waals surface area contributed by atoms with Gasteiger partial charge >= 0.3 is 0 Å². The van der Waals surface area contributed by atoms with Crippen LogP contribution < -0.4 is 10.6 Å². The van der Waals surface area contributed by atoms with Crippen LogP contribution in [0.15, 0.2) is 36.7 Å². The lowest BCUT2D eigenvalue weighted by molar-refractivity contribution is 0.102. The van der Waals surface area contributed by atoms with E-state index in [-0.39, 0.29) is 5.91 Å². The van der Waals surface area contributed by atoms with Gasteiger partial charge in [0, 0.05) is 24.1 Å². The summed E-state index contributed by atoms with van der Waals surface area (Å²) < 4.78 is 0. The molecular formula is C19H24N4O. The molecule has 0 aliphatic heterocycles. The zero-order chi connectivity index (χ0) is 16.8. The molecule has 1 fully saturated rings. The Hall–Kier alpha value is -2.43. The first-order valence-corrected chi connectivity index (χ1v) is 8.68. The Morgan fingerprint density at radius 2 is 1.71 bits per heavy atom. The van der Waals surface area contributed by atoms with E-state index in [9.17, 15) is 4.79 Å². The monoisotopic (exact) mass is 324 g/mol. The van der Waals surface area contributed by atoms with Crippen molar-refractivity contribution >= 4 is 17.5 Å². The minimum atomic E-state index is -0.190. The van der Waals surface area contributed by atoms with E-state index in [0.717, 1.165) is 11.3 Å². The fourth-order valence-electron chi connectivity index (χ4n) is 3.03. The van der Waals surface area contributed by atoms with Gasteiger partial charge in [-0.05, 0) is 31.4 Å². The van der Waals surface area contributed by atoms with Crippen LogP contribution in [0.25, 0.3) is 0 Å². The van der Waals surface area contributed by atoms with Crippen LogP contribution in [0.4, 0.5) is 11.6 Å². The van der Waals surface area contributed by atoms with E-state index in [0.29, 0.717) is 17.6 Å². The van der Waals surface area contributed by atoms with E-state index >= 15 is 0 Å². The summed E-state index contributed by atoms with van der Waals surface area (Å²) in [7, 11) is 0. The second-order valence-corrected chi connectivity index (χ2v) is 6.40. The molecule has 3 rings (SSSR count). The summed E-state index contributed by atoms with van der Waals surface area (Å²) in [5.74, 6) is 0.416. The quantitative estimate of drug-likeness (QED) is 0.828. The molecular weight excluding hydrogens is 300 g/mol. The highest BCUT2D eigenvalue weighted by Crippen LogP contribution is 2.20. The van der Waals surface area contributed by atoms with E-state index in [4.69, 9.17) is 0 Å². The zero-order valence-electron chi connectivity index (χ0n) is 14.1. The van der Waals surface area contributed by atoms with Crippen LogP contribution in [0.1, 0.15) is 54.4 Å². The number of nitrogens with one attached hydrogen (secondary N) is 2. The summed E-state index contributed by atoms with van der Waals surface area (Å²) in [5.41, 5.74) is 2.30. The third kappa shape index (κ3) is 4.31. The first kappa shape index (κ1) is 16.4. The van der Waals surface area contributed by atoms with E-state index in [2.05, 4.69) is 20.6 Å². The highest BCUT2D eigenvalue weighted by atomic mass is 16.1. The van der Waals surface area contributed by atoms with E-state index < -0.39 is 0 Å². The highest BCUT2D eigenvalue weighted by Gasteiger charge is 2.14. The number of aromatic nitrogens is 2. The lowest BCUT2D eigenvalue weighted by atomic mass is 10.1. The molecule has 1 aliphatic carbocycles. The minimum Gasteiger partial charge on any atom is -0.351 e. The highest BCUT2D eigenvalue weighted by molar-refractivity contribution is 6.04. The standard InChI is InChI=1S/C19H24N4O/c1-14-8-6-7-11-17(14)23-18(24)15-12-20-19(21-13-15)22-16-9-4-2-3-5-10-16/h6-8,11-13,16H,2-5,9-10H2,1H3,(H,23,24)(H,20,21,22). The Morgan fingerprint density at radius 1 is 1.04 bits per heavy atom. The van der Waals surface area contributed by atoms with Gasteiger partial charge < -0.3 is 10.6 Å². The van der Waals surface area contributed by atoms with Gasteiger partial charge in [0.25, 0.3) is 5.91 Å². The first-order chi connectivity index (χ1) is 11.7. The van der Waals surface area contributed by atoms with E-state index in [1.165, 1.54) is 38.5 Å². The van der Waals surface area contributed by atoms with Crippen molar-refractivity contribution in [2.45, 2.75) is 51.5 Å². The van der Waals surface area contributed by atoms with Crippen molar-refractivity contribution in [3.63, 3.8) is 0 Å². The van der Waals surface area contributed by atoms with Crippen molar-refractivity contribution in [2.75, 3.05) is 10.6 Å². The molecule has 0 spiro atoms. The summed E-state index contributed by atoms with van der Waals surface area (Å²) >= 11 is 0. The summed E-state index contributed by atoms with van der Waals surface area (Å²) in [4.78, 5) is 20.9. The summed E-state index contributed by atoms with van der Waals surface area (Å²) in [6, 6.07) is 8.14. The van der Waals surface area contributed by atoms with Crippen LogP contribution in [-0.2, 0) is 0 Å². The molecule has 1 heterocycles. The number of anilines is 2. The second-order valence-electron chi connectivity index (χ2n) is 6.40. The molecule has 126 valence electrons. The van der Waals surface area contributed by atoms with Gasteiger partial charge in [0.15, 0.2) is 0 Å². The molecule has 24 heavy (non-hydrogen) atoms. The molecule has 1 aromatic carbocycles. The van der Waals surface area contributed by atoms with Crippen LogP contribution in [0, 0.1) is 6.92 Å². The predicted molar refractivity (Wildman–Crippen MR) is 96.3 cm³/mol. The molecule has 0 radical (unpaired) electrons. The maximum atomic E-state index is 12.3. The average Bonchev–Trinajstić information content (AvgIpc) is 2.86. The second kappa shape index (κ2) is 7.90. The number of amides is 1. The zero-order valence-corrected chi connectivity index (χ0v) is 14.1. The molecule has 0 atom stereocenters. The minimum absolute atomic E-state index is 0.190. The van der Waals surface area contributed by atoms with Gasteiger partial charge in [-0.2, -0.15) is 0 Å². The van der Waals surface area contributed by atoms with Crippen molar-refractivity contribution in [2.24, 2.45) is 0 Å². The molecule has 0 saturated heterocycles. The Labute approximate surface area is 142 Å². The normalized spacial score (nSPS) is 15.5. The lowest BCUT2D eigenvalue weighted by Gasteiger charge is -2.16. The largest absolute Gasteiger partial charge is 0.351 e. The molecule has 1 aromatic heterocycles. The Kier molecular flexibility index (Phi) is 5.41. The summed E-state index contributed by atoms with van der Waals surface area (Å²) in [6.07, 6.45) is 10.6. The third-order valence-electron chi connectivity index (χ3n) is 4.50. The Balaban J connectivity index is 1.61. The van der Waals surface area contributed by atoms with Crippen molar-refractivity contribution in [1.82, 2.24) is 9.97 Å². The number of para-hydroxylation sites is 1. The summed E-state index contributed by atoms with van der Waals surface area (Å²) in [5, 5.41) is 6.29. The molecule has 1 saturated carbocycles. The number of carbonyl (C=O) groups excluding carboxylic acids is 1. The third-order valence-corrected chi connectivity index (χ3v) is 4.50. The number of nitrogens with zero attached hydrogens (tertiary/aromatic N) is 2. The lowest BCUT2D eigenvalue weighted by Crippen LogP contribution is -2.20. The Bertz CT molecular complexity index is 676. The molecule has 2 aromatic rings. The molecule has 5 heteroatoms. The van der Waals surface area contributed by atoms with Crippen LogP contribution in [0.5, 0.6) is 0 Å². The van der Waals surface area contributed by atoms with Gasteiger partial charge in [-0.15, -0.1) is 0 Å². The topological polar surface area (TPSA) is 66.9 Å². The number of hydrogen-bond acceptors (Lipinski definition) is 4. The van der Waals surface area contributed by atoms with Crippen molar-refractivity contribution in [1.29, 1.82) is 0 Å². The molecule has 0 unspecified atom stereocenters. The van der Waals surface area contributed by atoms with Gasteiger partial charge in [-0.25, -0.2) is 9.97 Å². The van der Waals surface area contributed by atoms with Gasteiger partial charge in [-0.1, -0.05) is 43.9 Å². The van der Waals surface area contributed by atoms with Crippen LogP contribution in [0.3, 0.4) is 0 Å². The predicted octanol–water partition coefficient (Wildman–Crippen LogP) is 4.17. The summed E-state index contributed by atoms with van der Waals surface area (Å²) in [6.45, 7) is 1.96. The SMILES string of the molecule is Cc1ccccc1NC(=O)c1cnc(NC2CCCCCC2)nc1. The van der Waals surface area contributed by atoms with Gasteiger partial charge in [0.1, 0.15) is 0 Å². The maximum absolute atomic E-state index is 12.3. The maximum Gasteiger partial charge on any atom is 0.258 e. The van der Waals surface area contributed by atoms with Gasteiger partial charge in [-0.3, -0.25) is 4.79 Å². The van der Waals surface area contributed by atoms with Gasteiger partial charge in [0.2, 0.25) is 5.95 Å². The van der Waals surface area contributed by atoms with E-state index in [1.807, 2.05) is 31.2 Å². The number of rotatable bonds is 4. The average molecular weight is 324 g/mol. The fraction of sp³-hybridized carbons (Fsp3) is 0.421. The molecule has 1 amide bonds. The molecule has 2 N–H and O–H groups in total. The molecule has 5 nitrogen and oxygen atoms in total. The van der Waals surface area contributed by atoms with Crippen molar-refractivity contribution in [3.8, 4) is 0 Å². The fourth-order valence-corrected chi connectivity index (χ4v) is 3.03. The molecule has 1 aliphatic rings. The van der Waals surface area contributed by atoms with E-state index in [1.54, 1.807) is 12.4 Å². The first-order valence-electron chi connectivity index (χ1n) is 8.68. The molecule has 0 bridgehead atoms. The van der Waals surface area contributed by atoms with Crippen molar-refractivity contribution in [3.05, 3.63) is 47.8 Å². The Morgan fingerprint density at radius 3 is 2.38 bits per heavy atom. The number of benzene rings is 1. The van der Waals surface area contributed by atoms with Crippen LogP contribution in [-0.4, -0.2) is 21.9 Å². The van der Waals surface area contributed by atoms with Crippen LogP contribution >= 0.6 is 0 Å². The van der Waals surface area contributed by atoms with Crippen LogP contribution in [0.2, 0.25) is 0 Å². The number of aryl methyl sites for hydroxylation is 1. The van der Waals surface area contributed by atoms with Crippen molar-refractivity contribution < 1.29 is 4.79 Å². The number of hydrogen-bond donors (Lipinski definition) is 2.